The number of likely N-dealkylation sites (tertiary alicyclic amines) is 1. The molecule has 1 aliphatic carbocycles. The van der Waals surface area contributed by atoms with E-state index >= 15 is 0 Å². The SMILES string of the molecule is CC(C)(C)OC(=O)N1C[C@H](C2CCCCC2)[C@@H](O)C1. The molecule has 2 atom stereocenters. The maximum Gasteiger partial charge on any atom is 0.410 e. The lowest BCUT2D eigenvalue weighted by Crippen LogP contribution is -2.36. The Morgan fingerprint density at radius 2 is 1.79 bits per heavy atom. The molecule has 1 aliphatic heterocycles. The van der Waals surface area contributed by atoms with E-state index in [1.807, 2.05) is 20.8 Å². The molecule has 2 fully saturated rings. The van der Waals surface area contributed by atoms with Crippen LogP contribution in [0.1, 0.15) is 52.9 Å². The van der Waals surface area contributed by atoms with Gasteiger partial charge in [-0.05, 0) is 26.7 Å². The summed E-state index contributed by atoms with van der Waals surface area (Å²) in [5.74, 6) is 0.823. The van der Waals surface area contributed by atoms with E-state index in [2.05, 4.69) is 0 Å². The van der Waals surface area contributed by atoms with Gasteiger partial charge in [0.2, 0.25) is 0 Å². The number of aliphatic hydroxyl groups is 1. The summed E-state index contributed by atoms with van der Waals surface area (Å²) in [6.07, 6.45) is 5.57. The fourth-order valence-corrected chi connectivity index (χ4v) is 3.31. The first-order valence-corrected chi connectivity index (χ1v) is 7.53. The first-order valence-electron chi connectivity index (χ1n) is 7.53. The minimum atomic E-state index is -0.467. The molecule has 19 heavy (non-hydrogen) atoms. The van der Waals surface area contributed by atoms with Crippen molar-refractivity contribution in [1.29, 1.82) is 0 Å². The summed E-state index contributed by atoms with van der Waals surface area (Å²) in [5, 5.41) is 10.2. The molecule has 1 saturated carbocycles. The van der Waals surface area contributed by atoms with Crippen LogP contribution in [0.4, 0.5) is 4.79 Å². The van der Waals surface area contributed by atoms with Gasteiger partial charge >= 0.3 is 6.09 Å². The summed E-state index contributed by atoms with van der Waals surface area (Å²) in [6, 6.07) is 0. The van der Waals surface area contributed by atoms with Crippen molar-refractivity contribution in [3.05, 3.63) is 0 Å². The highest BCUT2D eigenvalue weighted by molar-refractivity contribution is 5.68. The molecule has 110 valence electrons. The Kier molecular flexibility index (Phi) is 4.39. The highest BCUT2D eigenvalue weighted by Crippen LogP contribution is 2.35. The second-order valence-electron chi connectivity index (χ2n) is 7.01. The third kappa shape index (κ3) is 3.85. The first kappa shape index (κ1) is 14.6. The lowest BCUT2D eigenvalue weighted by molar-refractivity contribution is 0.0269. The second-order valence-corrected chi connectivity index (χ2v) is 7.01. The van der Waals surface area contributed by atoms with Gasteiger partial charge in [0.25, 0.3) is 0 Å². The number of hydrogen-bond donors (Lipinski definition) is 1. The molecule has 1 heterocycles. The zero-order valence-electron chi connectivity index (χ0n) is 12.4. The topological polar surface area (TPSA) is 49.8 Å². The standard InChI is InChI=1S/C15H27NO3/c1-15(2,3)19-14(18)16-9-12(13(17)10-16)11-7-5-4-6-8-11/h11-13,17H,4-10H2,1-3H3/t12-,13+/m1/s1. The third-order valence-electron chi connectivity index (χ3n) is 4.24. The Morgan fingerprint density at radius 1 is 1.16 bits per heavy atom. The number of β-amino-alcohol motifs (C(OH)–C–C–N with tert-alkyl or cyclic N) is 1. The van der Waals surface area contributed by atoms with Crippen molar-refractivity contribution in [3.63, 3.8) is 0 Å². The van der Waals surface area contributed by atoms with Crippen molar-refractivity contribution in [2.24, 2.45) is 11.8 Å². The number of aliphatic hydroxyl groups excluding tert-OH is 1. The highest BCUT2D eigenvalue weighted by Gasteiger charge is 2.40. The summed E-state index contributed by atoms with van der Waals surface area (Å²) >= 11 is 0. The van der Waals surface area contributed by atoms with Crippen molar-refractivity contribution >= 4 is 6.09 Å². The van der Waals surface area contributed by atoms with Crippen molar-refractivity contribution in [2.45, 2.75) is 64.6 Å². The maximum atomic E-state index is 12.0. The van der Waals surface area contributed by atoms with E-state index in [1.54, 1.807) is 4.90 Å². The van der Waals surface area contributed by atoms with Crippen LogP contribution in [0.2, 0.25) is 0 Å². The quantitative estimate of drug-likeness (QED) is 0.796. The van der Waals surface area contributed by atoms with E-state index < -0.39 is 5.60 Å². The average molecular weight is 269 g/mol. The minimum Gasteiger partial charge on any atom is -0.444 e. The van der Waals surface area contributed by atoms with Gasteiger partial charge in [0.05, 0.1) is 12.6 Å². The van der Waals surface area contributed by atoms with Crippen LogP contribution in [0.3, 0.4) is 0 Å². The summed E-state index contributed by atoms with van der Waals surface area (Å²) in [4.78, 5) is 13.7. The minimum absolute atomic E-state index is 0.243. The smallest absolute Gasteiger partial charge is 0.410 e. The summed E-state index contributed by atoms with van der Waals surface area (Å²) in [7, 11) is 0. The third-order valence-corrected chi connectivity index (χ3v) is 4.24. The Balaban J connectivity index is 1.91. The van der Waals surface area contributed by atoms with Crippen molar-refractivity contribution in [2.75, 3.05) is 13.1 Å². The van der Waals surface area contributed by atoms with Gasteiger partial charge in [-0.3, -0.25) is 0 Å². The number of ether oxygens (including phenoxy) is 1. The van der Waals surface area contributed by atoms with Crippen molar-refractivity contribution < 1.29 is 14.6 Å². The van der Waals surface area contributed by atoms with Crippen LogP contribution in [-0.2, 0) is 4.74 Å². The second kappa shape index (κ2) is 5.70. The maximum absolute atomic E-state index is 12.0. The van der Waals surface area contributed by atoms with E-state index in [4.69, 9.17) is 4.74 Å². The van der Waals surface area contributed by atoms with Gasteiger partial charge in [0, 0.05) is 12.5 Å². The number of hydrogen-bond acceptors (Lipinski definition) is 3. The summed E-state index contributed by atoms with van der Waals surface area (Å²) in [5.41, 5.74) is -0.467. The van der Waals surface area contributed by atoms with Crippen LogP contribution in [0.15, 0.2) is 0 Å². The van der Waals surface area contributed by atoms with E-state index in [0.717, 1.165) is 0 Å². The molecule has 1 N–H and O–H groups in total. The van der Waals surface area contributed by atoms with E-state index in [0.29, 0.717) is 19.0 Å². The largest absolute Gasteiger partial charge is 0.444 e. The van der Waals surface area contributed by atoms with Gasteiger partial charge in [-0.25, -0.2) is 4.79 Å². The molecule has 0 aromatic rings. The predicted octanol–water partition coefficient (Wildman–Crippen LogP) is 2.79. The number of rotatable bonds is 1. The highest BCUT2D eigenvalue weighted by atomic mass is 16.6. The molecule has 0 aromatic heterocycles. The van der Waals surface area contributed by atoms with Crippen LogP contribution in [-0.4, -0.2) is 40.9 Å². The van der Waals surface area contributed by atoms with E-state index in [1.165, 1.54) is 32.1 Å². The van der Waals surface area contributed by atoms with Gasteiger partial charge in [-0.2, -0.15) is 0 Å². The molecule has 0 bridgehead atoms. The average Bonchev–Trinajstić information content (AvgIpc) is 2.70. The lowest BCUT2D eigenvalue weighted by Gasteiger charge is -2.29. The number of carbonyl (C=O) groups is 1. The van der Waals surface area contributed by atoms with Crippen LogP contribution in [0, 0.1) is 11.8 Å². The molecule has 4 heteroatoms. The molecule has 1 saturated heterocycles. The van der Waals surface area contributed by atoms with Crippen molar-refractivity contribution in [3.8, 4) is 0 Å². The van der Waals surface area contributed by atoms with Gasteiger partial charge < -0.3 is 14.7 Å². The monoisotopic (exact) mass is 269 g/mol. The normalized spacial score (nSPS) is 29.6. The number of nitrogens with zero attached hydrogens (tertiary/aromatic N) is 1. The van der Waals surface area contributed by atoms with Crippen LogP contribution < -0.4 is 0 Å². The fourth-order valence-electron chi connectivity index (χ4n) is 3.31. The van der Waals surface area contributed by atoms with E-state index in [-0.39, 0.29) is 18.1 Å². The Bertz CT molecular complexity index is 318. The van der Waals surface area contributed by atoms with Gasteiger partial charge in [-0.15, -0.1) is 0 Å². The molecule has 0 radical (unpaired) electrons. The van der Waals surface area contributed by atoms with Crippen LogP contribution in [0.5, 0.6) is 0 Å². The van der Waals surface area contributed by atoms with Gasteiger partial charge in [0.1, 0.15) is 5.60 Å². The zero-order valence-corrected chi connectivity index (χ0v) is 12.4. The Labute approximate surface area is 116 Å². The molecule has 0 unspecified atom stereocenters. The molecule has 0 aromatic carbocycles. The zero-order chi connectivity index (χ0) is 14.0. The summed E-state index contributed by atoms with van der Waals surface area (Å²) < 4.78 is 5.38. The molecular weight excluding hydrogens is 242 g/mol. The number of carbonyl (C=O) groups excluding carboxylic acids is 1. The predicted molar refractivity (Wildman–Crippen MR) is 73.9 cm³/mol. The fraction of sp³-hybridized carbons (Fsp3) is 0.933. The Hall–Kier alpha value is -0.770. The van der Waals surface area contributed by atoms with Gasteiger partial charge in [-0.1, -0.05) is 32.1 Å². The van der Waals surface area contributed by atoms with Crippen molar-refractivity contribution in [1.82, 2.24) is 4.90 Å². The van der Waals surface area contributed by atoms with Gasteiger partial charge in [0.15, 0.2) is 0 Å². The molecular formula is C15H27NO3. The van der Waals surface area contributed by atoms with Crippen LogP contribution in [0.25, 0.3) is 0 Å². The molecule has 0 spiro atoms. The van der Waals surface area contributed by atoms with Crippen LogP contribution >= 0.6 is 0 Å². The first-order chi connectivity index (χ1) is 8.87. The molecule has 4 nitrogen and oxygen atoms in total. The molecule has 2 rings (SSSR count). The lowest BCUT2D eigenvalue weighted by atomic mass is 9.79. The summed E-state index contributed by atoms with van der Waals surface area (Å²) in [6.45, 7) is 6.69. The molecule has 2 aliphatic rings. The molecule has 1 amide bonds. The van der Waals surface area contributed by atoms with E-state index in [9.17, 15) is 9.90 Å². The Morgan fingerprint density at radius 3 is 2.37 bits per heavy atom. The number of amides is 1.